The summed E-state index contributed by atoms with van der Waals surface area (Å²) >= 11 is 0. The summed E-state index contributed by atoms with van der Waals surface area (Å²) in [6, 6.07) is 10.3. The number of amides is 1. The van der Waals surface area contributed by atoms with Gasteiger partial charge in [0.2, 0.25) is 5.91 Å². The van der Waals surface area contributed by atoms with Gasteiger partial charge >= 0.3 is 0 Å². The summed E-state index contributed by atoms with van der Waals surface area (Å²) < 4.78 is 0. The van der Waals surface area contributed by atoms with Crippen molar-refractivity contribution in [2.24, 2.45) is 11.1 Å². The Labute approximate surface area is 129 Å². The van der Waals surface area contributed by atoms with Crippen molar-refractivity contribution in [2.45, 2.75) is 58.9 Å². The molecule has 3 heteroatoms. The summed E-state index contributed by atoms with van der Waals surface area (Å²) in [4.78, 5) is 12.1. The van der Waals surface area contributed by atoms with Crippen LogP contribution in [0.15, 0.2) is 30.3 Å². The highest BCUT2D eigenvalue weighted by Gasteiger charge is 2.21. The second-order valence-corrected chi connectivity index (χ2v) is 6.89. The molecule has 0 aliphatic rings. The van der Waals surface area contributed by atoms with Crippen LogP contribution in [-0.4, -0.2) is 12.5 Å². The first-order valence-electron chi connectivity index (χ1n) is 7.97. The van der Waals surface area contributed by atoms with Gasteiger partial charge in [-0.2, -0.15) is 0 Å². The van der Waals surface area contributed by atoms with Crippen LogP contribution >= 0.6 is 0 Å². The summed E-state index contributed by atoms with van der Waals surface area (Å²) in [5, 5.41) is 3.20. The molecule has 0 radical (unpaired) electrons. The zero-order valence-electron chi connectivity index (χ0n) is 13.7. The molecular formula is C18H30N2O. The molecule has 0 saturated heterocycles. The molecule has 1 rings (SSSR count). The lowest BCUT2D eigenvalue weighted by atomic mass is 9.85. The molecule has 0 bridgehead atoms. The van der Waals surface area contributed by atoms with Gasteiger partial charge in [-0.25, -0.2) is 0 Å². The molecule has 118 valence electrons. The highest BCUT2D eigenvalue weighted by molar-refractivity contribution is 5.76. The Balaban J connectivity index is 2.59. The Morgan fingerprint density at radius 2 is 1.81 bits per heavy atom. The topological polar surface area (TPSA) is 55.1 Å². The van der Waals surface area contributed by atoms with Crippen LogP contribution in [0.4, 0.5) is 0 Å². The fraction of sp³-hybridized carbons (Fsp3) is 0.611. The van der Waals surface area contributed by atoms with E-state index in [1.807, 2.05) is 18.2 Å². The van der Waals surface area contributed by atoms with Crippen LogP contribution in [0.2, 0.25) is 0 Å². The van der Waals surface area contributed by atoms with E-state index in [0.29, 0.717) is 13.0 Å². The molecule has 3 nitrogen and oxygen atoms in total. The third kappa shape index (κ3) is 7.86. The van der Waals surface area contributed by atoms with Crippen molar-refractivity contribution in [2.75, 3.05) is 6.54 Å². The number of rotatable bonds is 8. The predicted molar refractivity (Wildman–Crippen MR) is 88.9 cm³/mol. The number of hydrogen-bond acceptors (Lipinski definition) is 2. The minimum atomic E-state index is 0.0909. The van der Waals surface area contributed by atoms with Gasteiger partial charge in [-0.1, -0.05) is 57.5 Å². The van der Waals surface area contributed by atoms with Crippen molar-refractivity contribution in [3.8, 4) is 0 Å². The van der Waals surface area contributed by atoms with Gasteiger partial charge in [-0.15, -0.1) is 0 Å². The van der Waals surface area contributed by atoms with Crippen molar-refractivity contribution < 1.29 is 4.79 Å². The van der Waals surface area contributed by atoms with Crippen LogP contribution in [0.25, 0.3) is 0 Å². The van der Waals surface area contributed by atoms with Gasteiger partial charge in [0, 0.05) is 6.42 Å². The summed E-state index contributed by atoms with van der Waals surface area (Å²) in [5.41, 5.74) is 6.83. The second-order valence-electron chi connectivity index (χ2n) is 6.89. The van der Waals surface area contributed by atoms with Gasteiger partial charge in [0.25, 0.3) is 0 Å². The number of carbonyl (C=O) groups excluding carboxylic acids is 1. The Hall–Kier alpha value is -1.35. The number of nitrogens with one attached hydrogen (secondary N) is 1. The SMILES string of the molecule is CC(C)(C)CC(NC(=O)CCCCCN)c1ccccc1. The first-order valence-corrected chi connectivity index (χ1v) is 7.97. The lowest BCUT2D eigenvalue weighted by Gasteiger charge is -2.27. The molecular weight excluding hydrogens is 260 g/mol. The second kappa shape index (κ2) is 8.83. The van der Waals surface area contributed by atoms with Crippen molar-refractivity contribution >= 4 is 5.91 Å². The molecule has 0 saturated carbocycles. The van der Waals surface area contributed by atoms with Crippen LogP contribution in [0.5, 0.6) is 0 Å². The number of unbranched alkanes of at least 4 members (excludes halogenated alkanes) is 2. The van der Waals surface area contributed by atoms with E-state index in [-0.39, 0.29) is 17.4 Å². The highest BCUT2D eigenvalue weighted by atomic mass is 16.1. The normalized spacial score (nSPS) is 13.0. The first-order chi connectivity index (χ1) is 9.92. The molecule has 1 amide bonds. The smallest absolute Gasteiger partial charge is 0.220 e. The van der Waals surface area contributed by atoms with Crippen LogP contribution in [-0.2, 0) is 4.79 Å². The van der Waals surface area contributed by atoms with Gasteiger partial charge in [0.05, 0.1) is 6.04 Å². The van der Waals surface area contributed by atoms with Crippen LogP contribution in [0.3, 0.4) is 0 Å². The molecule has 3 N–H and O–H groups in total. The quantitative estimate of drug-likeness (QED) is 0.715. The van der Waals surface area contributed by atoms with Gasteiger partial charge < -0.3 is 11.1 Å². The van der Waals surface area contributed by atoms with Crippen LogP contribution in [0.1, 0.15) is 64.5 Å². The third-order valence-corrected chi connectivity index (χ3v) is 3.46. The lowest BCUT2D eigenvalue weighted by Crippen LogP contribution is -2.31. The third-order valence-electron chi connectivity index (χ3n) is 3.46. The van der Waals surface area contributed by atoms with Crippen molar-refractivity contribution in [3.05, 3.63) is 35.9 Å². The van der Waals surface area contributed by atoms with E-state index < -0.39 is 0 Å². The molecule has 1 aromatic rings. The summed E-state index contributed by atoms with van der Waals surface area (Å²) in [6.07, 6.45) is 4.47. The molecule has 0 spiro atoms. The number of hydrogen-bond donors (Lipinski definition) is 2. The summed E-state index contributed by atoms with van der Waals surface area (Å²) in [6.45, 7) is 7.32. The Bertz CT molecular complexity index is 409. The van der Waals surface area contributed by atoms with Gasteiger partial charge in [-0.05, 0) is 36.8 Å². The molecule has 1 aromatic carbocycles. The largest absolute Gasteiger partial charge is 0.349 e. The Morgan fingerprint density at radius 1 is 1.14 bits per heavy atom. The summed E-state index contributed by atoms with van der Waals surface area (Å²) in [7, 11) is 0. The number of carbonyl (C=O) groups is 1. The van der Waals surface area contributed by atoms with Crippen molar-refractivity contribution in [1.29, 1.82) is 0 Å². The average molecular weight is 290 g/mol. The monoisotopic (exact) mass is 290 g/mol. The van der Waals surface area contributed by atoms with E-state index in [1.165, 1.54) is 5.56 Å². The van der Waals surface area contributed by atoms with Gasteiger partial charge in [-0.3, -0.25) is 4.79 Å². The molecule has 0 aromatic heterocycles. The summed E-state index contributed by atoms with van der Waals surface area (Å²) in [5.74, 6) is 0.144. The molecule has 0 aliphatic carbocycles. The molecule has 21 heavy (non-hydrogen) atoms. The maximum Gasteiger partial charge on any atom is 0.220 e. The zero-order valence-corrected chi connectivity index (χ0v) is 13.7. The Kier molecular flexibility index (Phi) is 7.44. The molecule has 0 aliphatic heterocycles. The van der Waals surface area contributed by atoms with Crippen LogP contribution in [0, 0.1) is 5.41 Å². The fourth-order valence-electron chi connectivity index (χ4n) is 2.42. The average Bonchev–Trinajstić information content (AvgIpc) is 2.42. The van der Waals surface area contributed by atoms with E-state index in [4.69, 9.17) is 5.73 Å². The molecule has 1 atom stereocenters. The molecule has 1 unspecified atom stereocenters. The van der Waals surface area contributed by atoms with E-state index >= 15 is 0 Å². The minimum Gasteiger partial charge on any atom is -0.349 e. The van der Waals surface area contributed by atoms with E-state index in [9.17, 15) is 4.79 Å². The molecule has 0 heterocycles. The fourth-order valence-corrected chi connectivity index (χ4v) is 2.42. The lowest BCUT2D eigenvalue weighted by molar-refractivity contribution is -0.122. The maximum absolute atomic E-state index is 12.1. The van der Waals surface area contributed by atoms with E-state index in [1.54, 1.807) is 0 Å². The standard InChI is InChI=1S/C18H30N2O/c1-18(2,3)14-16(15-10-6-4-7-11-15)20-17(21)12-8-5-9-13-19/h4,6-7,10-11,16H,5,8-9,12-14,19H2,1-3H3,(H,20,21). The Morgan fingerprint density at radius 3 is 2.38 bits per heavy atom. The van der Waals surface area contributed by atoms with Gasteiger partial charge in [0.15, 0.2) is 0 Å². The van der Waals surface area contributed by atoms with E-state index in [0.717, 1.165) is 25.7 Å². The van der Waals surface area contributed by atoms with Gasteiger partial charge in [0.1, 0.15) is 0 Å². The van der Waals surface area contributed by atoms with Crippen LogP contribution < -0.4 is 11.1 Å². The first kappa shape index (κ1) is 17.7. The van der Waals surface area contributed by atoms with Crippen molar-refractivity contribution in [1.82, 2.24) is 5.32 Å². The van der Waals surface area contributed by atoms with E-state index in [2.05, 4.69) is 38.2 Å². The zero-order chi connectivity index (χ0) is 15.7. The maximum atomic E-state index is 12.1. The predicted octanol–water partition coefficient (Wildman–Crippen LogP) is 3.80. The highest BCUT2D eigenvalue weighted by Crippen LogP contribution is 2.29. The van der Waals surface area contributed by atoms with Crippen molar-refractivity contribution in [3.63, 3.8) is 0 Å². The minimum absolute atomic E-state index is 0.0909. The molecule has 0 fully saturated rings. The number of benzene rings is 1. The number of nitrogens with two attached hydrogens (primary N) is 1.